The van der Waals surface area contributed by atoms with Gasteiger partial charge in [0, 0.05) is 12.8 Å². The molecule has 1 nitrogen and oxygen atoms in total. The van der Waals surface area contributed by atoms with Crippen LogP contribution in [0.5, 0.6) is 0 Å². The Morgan fingerprint density at radius 1 is 1.36 bits per heavy atom. The summed E-state index contributed by atoms with van der Waals surface area (Å²) in [7, 11) is 0. The highest BCUT2D eigenvalue weighted by atomic mass is 32.2. The Morgan fingerprint density at radius 3 is 2.57 bits per heavy atom. The number of carbonyl (C=O) groups excluding carboxylic acids is 1. The first-order valence-electron chi connectivity index (χ1n) is 5.46. The lowest BCUT2D eigenvalue weighted by molar-refractivity contribution is -0.119. The zero-order valence-corrected chi connectivity index (χ0v) is 10.8. The summed E-state index contributed by atoms with van der Waals surface area (Å²) in [6, 6.07) is 0. The van der Waals surface area contributed by atoms with E-state index in [-0.39, 0.29) is 4.08 Å². The Balaban J connectivity index is 2.29. The number of thioether (sulfide) groups is 2. The summed E-state index contributed by atoms with van der Waals surface area (Å²) in [6.07, 6.45) is 5.04. The average molecular weight is 232 g/mol. The average Bonchev–Trinajstić information content (AvgIpc) is 2.15. The van der Waals surface area contributed by atoms with Gasteiger partial charge in [-0.2, -0.15) is 0 Å². The van der Waals surface area contributed by atoms with E-state index < -0.39 is 0 Å². The SMILES string of the molecule is CCCCC(=O)CC1(C)SCCCS1. The van der Waals surface area contributed by atoms with Crippen LogP contribution in [0.2, 0.25) is 0 Å². The molecular formula is C11H20OS2. The highest BCUT2D eigenvalue weighted by Gasteiger charge is 2.30. The van der Waals surface area contributed by atoms with Crippen molar-refractivity contribution in [2.45, 2.75) is 50.0 Å². The monoisotopic (exact) mass is 232 g/mol. The topological polar surface area (TPSA) is 17.1 Å². The summed E-state index contributed by atoms with van der Waals surface area (Å²) >= 11 is 3.94. The molecule has 1 heterocycles. The predicted molar refractivity (Wildman–Crippen MR) is 67.1 cm³/mol. The fourth-order valence-electron chi connectivity index (χ4n) is 1.60. The second-order valence-electron chi connectivity index (χ2n) is 4.00. The Labute approximate surface area is 95.8 Å². The third-order valence-corrected chi connectivity index (χ3v) is 5.63. The first kappa shape index (κ1) is 12.4. The summed E-state index contributed by atoms with van der Waals surface area (Å²) in [5.74, 6) is 2.91. The van der Waals surface area contributed by atoms with Crippen LogP contribution < -0.4 is 0 Å². The Hall–Kier alpha value is 0.370. The molecule has 0 aromatic rings. The van der Waals surface area contributed by atoms with E-state index in [0.29, 0.717) is 5.78 Å². The molecule has 0 atom stereocenters. The van der Waals surface area contributed by atoms with E-state index in [1.165, 1.54) is 17.9 Å². The maximum absolute atomic E-state index is 11.6. The normalized spacial score (nSPS) is 20.7. The van der Waals surface area contributed by atoms with Crippen molar-refractivity contribution in [1.29, 1.82) is 0 Å². The Morgan fingerprint density at radius 2 is 2.00 bits per heavy atom. The predicted octanol–water partition coefficient (Wildman–Crippen LogP) is 3.72. The van der Waals surface area contributed by atoms with Crippen molar-refractivity contribution >= 4 is 29.3 Å². The van der Waals surface area contributed by atoms with Crippen LogP contribution in [0.15, 0.2) is 0 Å². The van der Waals surface area contributed by atoms with Crippen molar-refractivity contribution in [1.82, 2.24) is 0 Å². The fourth-order valence-corrected chi connectivity index (χ4v) is 4.58. The molecule has 14 heavy (non-hydrogen) atoms. The largest absolute Gasteiger partial charge is 0.300 e. The molecule has 0 aliphatic carbocycles. The summed E-state index contributed by atoms with van der Waals surface area (Å²) in [6.45, 7) is 4.37. The van der Waals surface area contributed by atoms with Crippen molar-refractivity contribution in [2.75, 3.05) is 11.5 Å². The quantitative estimate of drug-likeness (QED) is 0.719. The van der Waals surface area contributed by atoms with Gasteiger partial charge in [0.05, 0.1) is 4.08 Å². The minimum Gasteiger partial charge on any atom is -0.300 e. The van der Waals surface area contributed by atoms with Gasteiger partial charge < -0.3 is 0 Å². The zero-order valence-electron chi connectivity index (χ0n) is 9.17. The van der Waals surface area contributed by atoms with Gasteiger partial charge in [-0.15, -0.1) is 23.5 Å². The van der Waals surface area contributed by atoms with Gasteiger partial charge in [0.25, 0.3) is 0 Å². The van der Waals surface area contributed by atoms with Gasteiger partial charge in [-0.1, -0.05) is 13.3 Å². The highest BCUT2D eigenvalue weighted by Crippen LogP contribution is 2.44. The third-order valence-electron chi connectivity index (χ3n) is 2.43. The van der Waals surface area contributed by atoms with Crippen LogP contribution in [0.1, 0.15) is 46.0 Å². The van der Waals surface area contributed by atoms with Crippen LogP contribution in [0.3, 0.4) is 0 Å². The minimum absolute atomic E-state index is 0.184. The molecule has 1 saturated heterocycles. The lowest BCUT2D eigenvalue weighted by Gasteiger charge is -2.31. The van der Waals surface area contributed by atoms with Crippen molar-refractivity contribution < 1.29 is 4.79 Å². The molecule has 1 aliphatic rings. The molecule has 0 radical (unpaired) electrons. The van der Waals surface area contributed by atoms with Crippen molar-refractivity contribution in [3.05, 3.63) is 0 Å². The lowest BCUT2D eigenvalue weighted by Crippen LogP contribution is -2.24. The van der Waals surface area contributed by atoms with Crippen LogP contribution >= 0.6 is 23.5 Å². The van der Waals surface area contributed by atoms with Gasteiger partial charge in [-0.3, -0.25) is 4.79 Å². The van der Waals surface area contributed by atoms with Gasteiger partial charge in [-0.05, 0) is 31.3 Å². The molecular weight excluding hydrogens is 212 g/mol. The van der Waals surface area contributed by atoms with E-state index in [9.17, 15) is 4.79 Å². The lowest BCUT2D eigenvalue weighted by atomic mass is 10.1. The minimum atomic E-state index is 0.184. The number of rotatable bonds is 5. The number of Topliss-reactive ketones (excluding diaryl/α,β-unsaturated/α-hetero) is 1. The third kappa shape index (κ3) is 4.26. The van der Waals surface area contributed by atoms with Crippen LogP contribution in [0.25, 0.3) is 0 Å². The number of hydrogen-bond donors (Lipinski definition) is 0. The summed E-state index contributed by atoms with van der Waals surface area (Å²) in [4.78, 5) is 11.6. The van der Waals surface area contributed by atoms with Crippen LogP contribution in [-0.4, -0.2) is 21.4 Å². The van der Waals surface area contributed by atoms with Gasteiger partial charge >= 0.3 is 0 Å². The first-order valence-corrected chi connectivity index (χ1v) is 7.43. The van der Waals surface area contributed by atoms with Crippen molar-refractivity contribution in [3.8, 4) is 0 Å². The van der Waals surface area contributed by atoms with Crippen LogP contribution in [0, 0.1) is 0 Å². The first-order chi connectivity index (χ1) is 6.66. The molecule has 0 unspecified atom stereocenters. The maximum atomic E-state index is 11.6. The number of hydrogen-bond acceptors (Lipinski definition) is 3. The number of unbranched alkanes of at least 4 members (excludes halogenated alkanes) is 1. The molecule has 0 N–H and O–H groups in total. The maximum Gasteiger partial charge on any atom is 0.135 e. The molecule has 0 bridgehead atoms. The summed E-state index contributed by atoms with van der Waals surface area (Å²) in [5.41, 5.74) is 0. The van der Waals surface area contributed by atoms with E-state index in [4.69, 9.17) is 0 Å². The zero-order chi connectivity index (χ0) is 10.4. The summed E-state index contributed by atoms with van der Waals surface area (Å²) < 4.78 is 0.184. The molecule has 0 saturated carbocycles. The number of ketones is 1. The van der Waals surface area contributed by atoms with Crippen LogP contribution in [-0.2, 0) is 4.79 Å². The Bertz CT molecular complexity index is 186. The van der Waals surface area contributed by atoms with E-state index in [1.54, 1.807) is 0 Å². The van der Waals surface area contributed by atoms with Gasteiger partial charge in [0.1, 0.15) is 5.78 Å². The van der Waals surface area contributed by atoms with Crippen molar-refractivity contribution in [3.63, 3.8) is 0 Å². The molecule has 0 aromatic heterocycles. The van der Waals surface area contributed by atoms with Gasteiger partial charge in [-0.25, -0.2) is 0 Å². The number of carbonyl (C=O) groups is 1. The molecule has 3 heteroatoms. The molecule has 1 rings (SSSR count). The van der Waals surface area contributed by atoms with E-state index >= 15 is 0 Å². The van der Waals surface area contributed by atoms with E-state index in [1.807, 2.05) is 23.5 Å². The molecule has 0 amide bonds. The highest BCUT2D eigenvalue weighted by molar-refractivity contribution is 8.18. The van der Waals surface area contributed by atoms with Gasteiger partial charge in [0.2, 0.25) is 0 Å². The molecule has 1 fully saturated rings. The van der Waals surface area contributed by atoms with Crippen LogP contribution in [0.4, 0.5) is 0 Å². The fraction of sp³-hybridized carbons (Fsp3) is 0.909. The molecule has 1 aliphatic heterocycles. The van der Waals surface area contributed by atoms with E-state index in [2.05, 4.69) is 13.8 Å². The molecule has 82 valence electrons. The molecule has 0 aromatic carbocycles. The van der Waals surface area contributed by atoms with Gasteiger partial charge in [0.15, 0.2) is 0 Å². The molecule has 0 spiro atoms. The second kappa shape index (κ2) is 6.06. The smallest absolute Gasteiger partial charge is 0.135 e. The van der Waals surface area contributed by atoms with Crippen molar-refractivity contribution in [2.24, 2.45) is 0 Å². The second-order valence-corrected chi connectivity index (χ2v) is 7.46. The summed E-state index contributed by atoms with van der Waals surface area (Å²) in [5, 5.41) is 0. The standard InChI is InChI=1S/C11H20OS2/c1-3-4-6-10(12)9-11(2)13-7-5-8-14-11/h3-9H2,1-2H3. The Kier molecular flexibility index (Phi) is 5.39. The van der Waals surface area contributed by atoms with E-state index in [0.717, 1.165) is 25.7 Å².